The van der Waals surface area contributed by atoms with Crippen molar-refractivity contribution in [3.8, 4) is 5.75 Å². The van der Waals surface area contributed by atoms with Crippen molar-refractivity contribution in [2.24, 2.45) is 0 Å². The van der Waals surface area contributed by atoms with Gasteiger partial charge in [-0.25, -0.2) is 4.79 Å². The van der Waals surface area contributed by atoms with E-state index in [9.17, 15) is 4.79 Å². The average molecular weight is 264 g/mol. The van der Waals surface area contributed by atoms with Crippen molar-refractivity contribution in [1.29, 1.82) is 0 Å². The van der Waals surface area contributed by atoms with Gasteiger partial charge in [0.2, 0.25) is 0 Å². The molecule has 0 radical (unpaired) electrons. The summed E-state index contributed by atoms with van der Waals surface area (Å²) in [6.07, 6.45) is 1.71. The van der Waals surface area contributed by atoms with Gasteiger partial charge in [0, 0.05) is 0 Å². The molecule has 1 aromatic rings. The smallest absolute Gasteiger partial charge is 0.338 e. The molecule has 0 aromatic heterocycles. The summed E-state index contributed by atoms with van der Waals surface area (Å²) in [5.41, 5.74) is 0.420. The van der Waals surface area contributed by atoms with Crippen LogP contribution in [0, 0.1) is 0 Å². The Kier molecular flexibility index (Phi) is 5.65. The standard InChI is InChI=1S/C14H20O3Si/c1-5-13(18(3)4)17-14(15)11-7-9-12(10-8-11)16-6-2/h5,7-10,13,18H,1,6H2,2-4H3. The van der Waals surface area contributed by atoms with E-state index in [1.807, 2.05) is 6.92 Å². The lowest BCUT2D eigenvalue weighted by Gasteiger charge is -2.16. The third kappa shape index (κ3) is 4.03. The van der Waals surface area contributed by atoms with Crippen LogP contribution >= 0.6 is 0 Å². The zero-order valence-corrected chi connectivity index (χ0v) is 12.3. The molecule has 1 atom stereocenters. The first-order valence-electron chi connectivity index (χ1n) is 6.14. The largest absolute Gasteiger partial charge is 0.494 e. The topological polar surface area (TPSA) is 35.5 Å². The monoisotopic (exact) mass is 264 g/mol. The third-order valence-electron chi connectivity index (χ3n) is 2.53. The fourth-order valence-electron chi connectivity index (χ4n) is 1.50. The van der Waals surface area contributed by atoms with Crippen LogP contribution in [0.25, 0.3) is 0 Å². The molecule has 0 aliphatic rings. The Morgan fingerprint density at radius 2 is 2.00 bits per heavy atom. The molecule has 0 bridgehead atoms. The maximum absolute atomic E-state index is 11.9. The van der Waals surface area contributed by atoms with Crippen LogP contribution in [0.4, 0.5) is 0 Å². The first kappa shape index (κ1) is 14.5. The van der Waals surface area contributed by atoms with Crippen LogP contribution in [0.3, 0.4) is 0 Å². The number of rotatable bonds is 6. The molecule has 1 unspecified atom stereocenters. The first-order valence-corrected chi connectivity index (χ1v) is 9.12. The summed E-state index contributed by atoms with van der Waals surface area (Å²) in [4.78, 5) is 11.9. The summed E-state index contributed by atoms with van der Waals surface area (Å²) in [7, 11) is -1.07. The van der Waals surface area contributed by atoms with Crippen LogP contribution in [-0.2, 0) is 4.74 Å². The minimum Gasteiger partial charge on any atom is -0.494 e. The number of carbonyl (C=O) groups is 1. The Hall–Kier alpha value is -1.55. The Labute approximate surface area is 110 Å². The Bertz CT molecular complexity index is 398. The molecule has 98 valence electrons. The second kappa shape index (κ2) is 7.01. The number of benzene rings is 1. The lowest BCUT2D eigenvalue weighted by atomic mass is 10.2. The van der Waals surface area contributed by atoms with Crippen LogP contribution < -0.4 is 4.74 Å². The molecule has 0 saturated carbocycles. The highest BCUT2D eigenvalue weighted by Crippen LogP contribution is 2.14. The number of hydrogen-bond donors (Lipinski definition) is 0. The molecule has 0 amide bonds. The van der Waals surface area contributed by atoms with Gasteiger partial charge >= 0.3 is 5.97 Å². The molecule has 1 aromatic carbocycles. The molecule has 18 heavy (non-hydrogen) atoms. The normalized spacial score (nSPS) is 12.0. The van der Waals surface area contributed by atoms with E-state index in [0.29, 0.717) is 12.2 Å². The highest BCUT2D eigenvalue weighted by Gasteiger charge is 2.17. The minimum atomic E-state index is -1.07. The van der Waals surface area contributed by atoms with Crippen molar-refractivity contribution in [3.05, 3.63) is 42.5 Å². The summed E-state index contributed by atoms with van der Waals surface area (Å²) >= 11 is 0. The number of esters is 1. The van der Waals surface area contributed by atoms with E-state index in [0.717, 1.165) is 5.75 Å². The van der Waals surface area contributed by atoms with Gasteiger partial charge < -0.3 is 9.47 Å². The van der Waals surface area contributed by atoms with Crippen LogP contribution in [0.5, 0.6) is 5.75 Å². The summed E-state index contributed by atoms with van der Waals surface area (Å²) in [6.45, 7) is 10.5. The van der Waals surface area contributed by atoms with Gasteiger partial charge in [-0.1, -0.05) is 25.7 Å². The fourth-order valence-corrected chi connectivity index (χ4v) is 2.44. The van der Waals surface area contributed by atoms with Crippen molar-refractivity contribution in [2.75, 3.05) is 6.61 Å². The summed E-state index contributed by atoms with van der Waals surface area (Å²) < 4.78 is 10.7. The molecule has 0 saturated heterocycles. The third-order valence-corrected chi connectivity index (χ3v) is 4.26. The van der Waals surface area contributed by atoms with Crippen molar-refractivity contribution in [3.63, 3.8) is 0 Å². The second-order valence-corrected chi connectivity index (χ2v) is 7.45. The van der Waals surface area contributed by atoms with Gasteiger partial charge in [0.1, 0.15) is 11.5 Å². The number of carbonyl (C=O) groups excluding carboxylic acids is 1. The average Bonchev–Trinajstić information content (AvgIpc) is 2.36. The van der Waals surface area contributed by atoms with Crippen molar-refractivity contribution in [2.45, 2.75) is 25.7 Å². The van der Waals surface area contributed by atoms with Gasteiger partial charge in [-0.15, -0.1) is 0 Å². The molecule has 3 nitrogen and oxygen atoms in total. The quantitative estimate of drug-likeness (QED) is 0.450. The summed E-state index contributed by atoms with van der Waals surface area (Å²) in [5.74, 6) is 0.455. The highest BCUT2D eigenvalue weighted by molar-refractivity contribution is 6.58. The SMILES string of the molecule is C=CC(OC(=O)c1ccc(OCC)cc1)[SiH](C)C. The zero-order chi connectivity index (χ0) is 13.5. The van der Waals surface area contributed by atoms with Crippen LogP contribution in [-0.4, -0.2) is 27.1 Å². The highest BCUT2D eigenvalue weighted by atomic mass is 28.3. The Balaban J connectivity index is 2.69. The van der Waals surface area contributed by atoms with Gasteiger partial charge in [-0.05, 0) is 31.2 Å². The van der Waals surface area contributed by atoms with E-state index >= 15 is 0 Å². The second-order valence-electron chi connectivity index (χ2n) is 4.31. The van der Waals surface area contributed by atoms with Gasteiger partial charge in [-0.3, -0.25) is 0 Å². The van der Waals surface area contributed by atoms with Gasteiger partial charge in [0.15, 0.2) is 0 Å². The zero-order valence-electron chi connectivity index (χ0n) is 11.2. The van der Waals surface area contributed by atoms with E-state index in [2.05, 4.69) is 19.7 Å². The summed E-state index contributed by atoms with van der Waals surface area (Å²) in [5, 5.41) is 0. The lowest BCUT2D eigenvalue weighted by molar-refractivity contribution is 0.0495. The molecular formula is C14H20O3Si. The maximum atomic E-state index is 11.9. The Morgan fingerprint density at radius 3 is 2.44 bits per heavy atom. The molecule has 0 heterocycles. The molecule has 4 heteroatoms. The van der Waals surface area contributed by atoms with E-state index in [1.54, 1.807) is 30.3 Å². The van der Waals surface area contributed by atoms with Crippen molar-refractivity contribution in [1.82, 2.24) is 0 Å². The van der Waals surface area contributed by atoms with E-state index < -0.39 is 8.80 Å². The Morgan fingerprint density at radius 1 is 1.39 bits per heavy atom. The lowest BCUT2D eigenvalue weighted by Crippen LogP contribution is -2.28. The number of ether oxygens (including phenoxy) is 2. The minimum absolute atomic E-state index is 0.121. The summed E-state index contributed by atoms with van der Waals surface area (Å²) in [6, 6.07) is 6.98. The molecule has 0 N–H and O–H groups in total. The van der Waals surface area contributed by atoms with Gasteiger partial charge in [0.25, 0.3) is 0 Å². The molecule has 0 fully saturated rings. The molecule has 0 aliphatic heterocycles. The van der Waals surface area contributed by atoms with Crippen molar-refractivity contribution < 1.29 is 14.3 Å². The molecular weight excluding hydrogens is 244 g/mol. The van der Waals surface area contributed by atoms with Crippen LogP contribution in [0.15, 0.2) is 36.9 Å². The maximum Gasteiger partial charge on any atom is 0.338 e. The first-order chi connectivity index (χ1) is 8.58. The molecule has 1 rings (SSSR count). The van der Waals surface area contributed by atoms with Gasteiger partial charge in [0.05, 0.1) is 21.0 Å². The van der Waals surface area contributed by atoms with E-state index in [-0.39, 0.29) is 11.7 Å². The number of hydrogen-bond acceptors (Lipinski definition) is 3. The van der Waals surface area contributed by atoms with E-state index in [4.69, 9.17) is 9.47 Å². The predicted octanol–water partition coefficient (Wildman–Crippen LogP) is 2.82. The fraction of sp³-hybridized carbons (Fsp3) is 0.357. The molecule has 0 aliphatic carbocycles. The van der Waals surface area contributed by atoms with Crippen LogP contribution in [0.1, 0.15) is 17.3 Å². The van der Waals surface area contributed by atoms with E-state index in [1.165, 1.54) is 0 Å². The molecule has 0 spiro atoms. The predicted molar refractivity (Wildman–Crippen MR) is 75.9 cm³/mol. The van der Waals surface area contributed by atoms with Crippen LogP contribution in [0.2, 0.25) is 13.1 Å². The van der Waals surface area contributed by atoms with Gasteiger partial charge in [-0.2, -0.15) is 0 Å². The van der Waals surface area contributed by atoms with Crippen molar-refractivity contribution >= 4 is 14.8 Å².